The minimum absolute atomic E-state index is 0.0573. The van der Waals surface area contributed by atoms with E-state index in [-0.39, 0.29) is 29.3 Å². The van der Waals surface area contributed by atoms with Crippen molar-refractivity contribution in [2.45, 2.75) is 26.2 Å². The molecule has 4 rings (SSSR count). The summed E-state index contributed by atoms with van der Waals surface area (Å²) in [7, 11) is 0. The van der Waals surface area contributed by atoms with Gasteiger partial charge in [-0.1, -0.05) is 6.07 Å². The Morgan fingerprint density at radius 2 is 1.73 bits per heavy atom. The molecule has 0 radical (unpaired) electrons. The minimum atomic E-state index is -0.478. The number of benzene rings is 1. The van der Waals surface area contributed by atoms with Crippen LogP contribution < -0.4 is 4.90 Å². The third-order valence-corrected chi connectivity index (χ3v) is 5.58. The molecule has 2 amide bonds. The van der Waals surface area contributed by atoms with Gasteiger partial charge in [-0.05, 0) is 44.1 Å². The maximum atomic E-state index is 12.7. The number of imide groups is 1. The van der Waals surface area contributed by atoms with E-state index in [2.05, 4.69) is 0 Å². The van der Waals surface area contributed by atoms with Crippen molar-refractivity contribution in [3.63, 3.8) is 0 Å². The van der Waals surface area contributed by atoms with Crippen molar-refractivity contribution in [3.05, 3.63) is 33.9 Å². The largest absolute Gasteiger partial charge is 0.274 e. The predicted octanol–water partition coefficient (Wildman–Crippen LogP) is 2.44. The summed E-state index contributed by atoms with van der Waals surface area (Å²) in [4.78, 5) is 37.2. The zero-order chi connectivity index (χ0) is 15.6. The summed E-state index contributed by atoms with van der Waals surface area (Å²) >= 11 is 0. The monoisotopic (exact) mass is 300 g/mol. The second kappa shape index (κ2) is 4.38. The zero-order valence-electron chi connectivity index (χ0n) is 12.2. The number of hydrogen-bond acceptors (Lipinski definition) is 4. The Hall–Kier alpha value is -2.24. The van der Waals surface area contributed by atoms with Gasteiger partial charge in [-0.15, -0.1) is 0 Å². The summed E-state index contributed by atoms with van der Waals surface area (Å²) in [6, 6.07) is 4.56. The number of amides is 2. The van der Waals surface area contributed by atoms with Crippen LogP contribution in [0.1, 0.15) is 24.8 Å². The molecule has 0 N–H and O–H groups in total. The first kappa shape index (κ1) is 13.4. The van der Waals surface area contributed by atoms with E-state index in [0.29, 0.717) is 23.1 Å². The molecule has 0 unspecified atom stereocenters. The number of carbonyl (C=O) groups excluding carboxylic acids is 2. The highest BCUT2D eigenvalue weighted by Gasteiger charge is 2.61. The molecule has 4 atom stereocenters. The fourth-order valence-corrected chi connectivity index (χ4v) is 4.60. The highest BCUT2D eigenvalue weighted by Crippen LogP contribution is 2.56. The fourth-order valence-electron chi connectivity index (χ4n) is 4.60. The Bertz CT molecular complexity index is 686. The van der Waals surface area contributed by atoms with E-state index < -0.39 is 4.92 Å². The van der Waals surface area contributed by atoms with E-state index in [1.807, 2.05) is 0 Å². The second-order valence-corrected chi connectivity index (χ2v) is 6.62. The van der Waals surface area contributed by atoms with E-state index in [1.165, 1.54) is 11.0 Å². The number of anilines is 1. The Morgan fingerprint density at radius 1 is 1.14 bits per heavy atom. The molecule has 2 saturated carbocycles. The molecule has 6 nitrogen and oxygen atoms in total. The molecular weight excluding hydrogens is 284 g/mol. The number of carbonyl (C=O) groups is 2. The minimum Gasteiger partial charge on any atom is -0.274 e. The molecule has 0 spiro atoms. The lowest BCUT2D eigenvalue weighted by Crippen LogP contribution is -2.32. The molecule has 6 heteroatoms. The van der Waals surface area contributed by atoms with E-state index in [4.69, 9.17) is 0 Å². The first-order valence-electron chi connectivity index (χ1n) is 7.62. The van der Waals surface area contributed by atoms with Gasteiger partial charge in [0.1, 0.15) is 0 Å². The van der Waals surface area contributed by atoms with Gasteiger partial charge < -0.3 is 0 Å². The fraction of sp³-hybridized carbons (Fsp3) is 0.500. The maximum Gasteiger partial charge on any atom is 0.274 e. The van der Waals surface area contributed by atoms with Crippen molar-refractivity contribution in [2.75, 3.05) is 4.90 Å². The van der Waals surface area contributed by atoms with Crippen molar-refractivity contribution < 1.29 is 14.5 Å². The Balaban J connectivity index is 1.75. The number of rotatable bonds is 2. The number of hydrogen-bond donors (Lipinski definition) is 0. The summed E-state index contributed by atoms with van der Waals surface area (Å²) in [6.07, 6.45) is 3.02. The SMILES string of the molecule is Cc1ccc(N2C(=O)[C@@H]3[C@H]4CC[C@@H](C4)[C@H]3C2=O)cc1[N+](=O)[O-]. The third-order valence-electron chi connectivity index (χ3n) is 5.58. The van der Waals surface area contributed by atoms with Crippen LogP contribution in [0.5, 0.6) is 0 Å². The first-order valence-corrected chi connectivity index (χ1v) is 7.62. The molecule has 1 aliphatic heterocycles. The molecule has 3 fully saturated rings. The normalized spacial score (nSPS) is 32.7. The van der Waals surface area contributed by atoms with Crippen LogP contribution in [0.3, 0.4) is 0 Å². The van der Waals surface area contributed by atoms with Crippen molar-refractivity contribution in [3.8, 4) is 0 Å². The van der Waals surface area contributed by atoms with Gasteiger partial charge in [0, 0.05) is 11.6 Å². The van der Waals surface area contributed by atoms with Crippen LogP contribution in [0.15, 0.2) is 18.2 Å². The van der Waals surface area contributed by atoms with Gasteiger partial charge >= 0.3 is 0 Å². The number of nitro groups is 1. The molecule has 114 valence electrons. The first-order chi connectivity index (χ1) is 10.5. The van der Waals surface area contributed by atoms with Gasteiger partial charge in [-0.2, -0.15) is 0 Å². The van der Waals surface area contributed by atoms with Crippen molar-refractivity contribution in [2.24, 2.45) is 23.7 Å². The van der Waals surface area contributed by atoms with Crippen LogP contribution in [-0.2, 0) is 9.59 Å². The number of aryl methyl sites for hydroxylation is 1. The second-order valence-electron chi connectivity index (χ2n) is 6.62. The van der Waals surface area contributed by atoms with E-state index in [0.717, 1.165) is 19.3 Å². The molecule has 22 heavy (non-hydrogen) atoms. The Kier molecular flexibility index (Phi) is 2.67. The lowest BCUT2D eigenvalue weighted by atomic mass is 9.81. The number of nitrogens with zero attached hydrogens (tertiary/aromatic N) is 2. The summed E-state index contributed by atoms with van der Waals surface area (Å²) < 4.78 is 0. The molecule has 1 aromatic rings. The molecular formula is C16H16N2O4. The smallest absolute Gasteiger partial charge is 0.274 e. The van der Waals surface area contributed by atoms with Crippen LogP contribution >= 0.6 is 0 Å². The molecule has 2 aliphatic carbocycles. The van der Waals surface area contributed by atoms with Gasteiger partial charge in [0.15, 0.2) is 0 Å². The summed E-state index contributed by atoms with van der Waals surface area (Å²) in [5.74, 6) is -0.104. The topological polar surface area (TPSA) is 80.5 Å². The van der Waals surface area contributed by atoms with E-state index in [1.54, 1.807) is 19.1 Å². The van der Waals surface area contributed by atoms with Crippen LogP contribution in [0.4, 0.5) is 11.4 Å². The average Bonchev–Trinajstić information content (AvgIpc) is 3.14. The third kappa shape index (κ3) is 1.60. The average molecular weight is 300 g/mol. The molecule has 3 aliphatic rings. The Morgan fingerprint density at radius 3 is 2.27 bits per heavy atom. The lowest BCUT2D eigenvalue weighted by molar-refractivity contribution is -0.385. The van der Waals surface area contributed by atoms with E-state index >= 15 is 0 Å². The maximum absolute atomic E-state index is 12.7. The number of fused-ring (bicyclic) bond motifs is 5. The van der Waals surface area contributed by atoms with Crippen LogP contribution in [0.25, 0.3) is 0 Å². The van der Waals surface area contributed by atoms with Crippen LogP contribution in [0.2, 0.25) is 0 Å². The quantitative estimate of drug-likeness (QED) is 0.477. The van der Waals surface area contributed by atoms with Crippen molar-refractivity contribution >= 4 is 23.2 Å². The highest BCUT2D eigenvalue weighted by molar-refractivity contribution is 6.22. The highest BCUT2D eigenvalue weighted by atomic mass is 16.6. The van der Waals surface area contributed by atoms with Crippen LogP contribution in [0, 0.1) is 40.7 Å². The molecule has 2 bridgehead atoms. The molecule has 1 aromatic carbocycles. The summed E-state index contributed by atoms with van der Waals surface area (Å²) in [6.45, 7) is 1.64. The molecule has 1 saturated heterocycles. The number of nitro benzene ring substituents is 1. The molecule has 0 aromatic heterocycles. The lowest BCUT2D eigenvalue weighted by Gasteiger charge is -2.19. The van der Waals surface area contributed by atoms with Crippen molar-refractivity contribution in [1.82, 2.24) is 0 Å². The van der Waals surface area contributed by atoms with Gasteiger partial charge in [0.25, 0.3) is 5.69 Å². The van der Waals surface area contributed by atoms with Gasteiger partial charge in [-0.25, -0.2) is 4.90 Å². The van der Waals surface area contributed by atoms with Gasteiger partial charge in [0.2, 0.25) is 11.8 Å². The zero-order valence-corrected chi connectivity index (χ0v) is 12.2. The van der Waals surface area contributed by atoms with Gasteiger partial charge in [-0.3, -0.25) is 19.7 Å². The van der Waals surface area contributed by atoms with E-state index in [9.17, 15) is 19.7 Å². The standard InChI is InChI=1S/C16H16N2O4/c1-8-2-5-11(7-12(8)18(21)22)17-15(19)13-9-3-4-10(6-9)14(13)16(17)20/h2,5,7,9-10,13-14H,3-4,6H2,1H3/t9-,10-,13+,14+/m0/s1. The summed E-state index contributed by atoms with van der Waals surface area (Å²) in [5, 5.41) is 11.1. The van der Waals surface area contributed by atoms with Crippen molar-refractivity contribution in [1.29, 1.82) is 0 Å². The predicted molar refractivity (Wildman–Crippen MR) is 78.1 cm³/mol. The van der Waals surface area contributed by atoms with Crippen LogP contribution in [-0.4, -0.2) is 16.7 Å². The Labute approximate surface area is 127 Å². The summed E-state index contributed by atoms with van der Waals surface area (Å²) in [5.41, 5.74) is 0.798. The molecule has 1 heterocycles. The van der Waals surface area contributed by atoms with Gasteiger partial charge in [0.05, 0.1) is 22.4 Å².